The largest absolute Gasteiger partial charge is 0.341 e. The van der Waals surface area contributed by atoms with E-state index in [9.17, 15) is 9.59 Å². The molecule has 124 valence electrons. The van der Waals surface area contributed by atoms with Crippen LogP contribution >= 0.6 is 11.6 Å². The number of hydrogen-bond donors (Lipinski definition) is 0. The van der Waals surface area contributed by atoms with Crippen molar-refractivity contribution in [2.24, 2.45) is 0 Å². The molecule has 0 aliphatic carbocycles. The predicted octanol–water partition coefficient (Wildman–Crippen LogP) is 2.98. The molecule has 2 fully saturated rings. The van der Waals surface area contributed by atoms with Gasteiger partial charge in [0.05, 0.1) is 0 Å². The molecule has 0 bridgehead atoms. The van der Waals surface area contributed by atoms with Crippen molar-refractivity contribution < 1.29 is 9.59 Å². The maximum Gasteiger partial charge on any atom is 0.325 e. The van der Waals surface area contributed by atoms with E-state index >= 15 is 0 Å². The van der Waals surface area contributed by atoms with Crippen LogP contribution in [0.3, 0.4) is 0 Å². The van der Waals surface area contributed by atoms with Crippen LogP contribution in [0, 0.1) is 0 Å². The lowest BCUT2D eigenvalue weighted by Crippen LogP contribution is -2.42. The average Bonchev–Trinajstić information content (AvgIpc) is 2.76. The zero-order valence-corrected chi connectivity index (χ0v) is 14.0. The van der Waals surface area contributed by atoms with Gasteiger partial charge in [-0.3, -0.25) is 9.69 Å². The van der Waals surface area contributed by atoms with Gasteiger partial charge in [-0.1, -0.05) is 30.5 Å². The average molecular weight is 336 g/mol. The quantitative estimate of drug-likeness (QED) is 0.852. The Morgan fingerprint density at radius 3 is 2.48 bits per heavy atom. The monoisotopic (exact) mass is 335 g/mol. The van der Waals surface area contributed by atoms with Crippen LogP contribution in [-0.4, -0.2) is 54.5 Å². The summed E-state index contributed by atoms with van der Waals surface area (Å²) in [4.78, 5) is 30.2. The molecular weight excluding hydrogens is 314 g/mol. The fourth-order valence-electron chi connectivity index (χ4n) is 3.20. The predicted molar refractivity (Wildman–Crippen MR) is 90.8 cm³/mol. The summed E-state index contributed by atoms with van der Waals surface area (Å²) >= 11 is 6.00. The van der Waals surface area contributed by atoms with Gasteiger partial charge in [-0.25, -0.2) is 4.79 Å². The Labute approximate surface area is 141 Å². The van der Waals surface area contributed by atoms with Crippen molar-refractivity contribution in [3.8, 4) is 0 Å². The smallest absolute Gasteiger partial charge is 0.325 e. The second-order valence-corrected chi connectivity index (χ2v) is 6.57. The zero-order valence-electron chi connectivity index (χ0n) is 13.2. The van der Waals surface area contributed by atoms with E-state index in [0.29, 0.717) is 18.1 Å². The first kappa shape index (κ1) is 16.1. The number of benzene rings is 1. The van der Waals surface area contributed by atoms with E-state index in [2.05, 4.69) is 0 Å². The lowest BCUT2D eigenvalue weighted by atomic mass is 10.2. The summed E-state index contributed by atoms with van der Waals surface area (Å²) in [6, 6.07) is 7.14. The van der Waals surface area contributed by atoms with Crippen LogP contribution in [-0.2, 0) is 4.79 Å². The molecule has 0 radical (unpaired) electrons. The number of nitrogens with zero attached hydrogens (tertiary/aromatic N) is 3. The summed E-state index contributed by atoms with van der Waals surface area (Å²) in [7, 11) is 0. The maximum absolute atomic E-state index is 12.5. The molecule has 0 aromatic heterocycles. The minimum absolute atomic E-state index is 0.0631. The van der Waals surface area contributed by atoms with Gasteiger partial charge in [0, 0.05) is 36.9 Å². The Bertz CT molecular complexity index is 585. The van der Waals surface area contributed by atoms with Crippen molar-refractivity contribution in [2.75, 3.05) is 37.6 Å². The van der Waals surface area contributed by atoms with Gasteiger partial charge in [0.2, 0.25) is 5.91 Å². The van der Waals surface area contributed by atoms with Crippen molar-refractivity contribution in [2.45, 2.75) is 25.7 Å². The van der Waals surface area contributed by atoms with Gasteiger partial charge < -0.3 is 9.80 Å². The van der Waals surface area contributed by atoms with Gasteiger partial charge >= 0.3 is 6.03 Å². The van der Waals surface area contributed by atoms with Gasteiger partial charge in [-0.05, 0) is 31.0 Å². The third-order valence-corrected chi connectivity index (χ3v) is 4.73. The first-order valence-electron chi connectivity index (χ1n) is 8.25. The van der Waals surface area contributed by atoms with Crippen molar-refractivity contribution in [1.82, 2.24) is 9.80 Å². The van der Waals surface area contributed by atoms with Crippen LogP contribution in [0.25, 0.3) is 0 Å². The number of urea groups is 1. The fraction of sp³-hybridized carbons (Fsp3) is 0.529. The van der Waals surface area contributed by atoms with Crippen LogP contribution in [0.5, 0.6) is 0 Å². The van der Waals surface area contributed by atoms with Crippen LogP contribution < -0.4 is 4.90 Å². The number of halogens is 1. The maximum atomic E-state index is 12.5. The van der Waals surface area contributed by atoms with E-state index < -0.39 is 0 Å². The fourth-order valence-corrected chi connectivity index (χ4v) is 3.38. The lowest BCUT2D eigenvalue weighted by molar-refractivity contribution is -0.131. The SMILES string of the molecule is O=C(CN1CCN(c2cccc(Cl)c2)C1=O)N1CCCCCC1. The minimum Gasteiger partial charge on any atom is -0.341 e. The van der Waals surface area contributed by atoms with Crippen LogP contribution in [0.2, 0.25) is 5.02 Å². The number of carbonyl (C=O) groups is 2. The Balaban J connectivity index is 1.61. The van der Waals surface area contributed by atoms with Gasteiger partial charge in [0.15, 0.2) is 0 Å². The van der Waals surface area contributed by atoms with E-state index in [0.717, 1.165) is 31.6 Å². The Morgan fingerprint density at radius 2 is 1.78 bits per heavy atom. The highest BCUT2D eigenvalue weighted by Crippen LogP contribution is 2.23. The molecule has 0 N–H and O–H groups in total. The van der Waals surface area contributed by atoms with Crippen molar-refractivity contribution >= 4 is 29.2 Å². The molecule has 3 rings (SSSR count). The standard InChI is InChI=1S/C17H22ClN3O2/c18-14-6-5-7-15(12-14)21-11-10-20(17(21)23)13-16(22)19-8-3-1-2-4-9-19/h5-7,12H,1-4,8-11,13H2. The van der Waals surface area contributed by atoms with Gasteiger partial charge in [0.1, 0.15) is 6.54 Å². The summed E-state index contributed by atoms with van der Waals surface area (Å²) in [5.74, 6) is 0.0631. The summed E-state index contributed by atoms with van der Waals surface area (Å²) in [6.07, 6.45) is 4.51. The summed E-state index contributed by atoms with van der Waals surface area (Å²) in [5.41, 5.74) is 0.784. The second-order valence-electron chi connectivity index (χ2n) is 6.13. The number of rotatable bonds is 3. The topological polar surface area (TPSA) is 43.9 Å². The summed E-state index contributed by atoms with van der Waals surface area (Å²) in [6.45, 7) is 2.98. The molecule has 0 spiro atoms. The Morgan fingerprint density at radius 1 is 1.04 bits per heavy atom. The second kappa shape index (κ2) is 7.21. The van der Waals surface area contributed by atoms with Crippen LogP contribution in [0.15, 0.2) is 24.3 Å². The molecule has 6 heteroatoms. The highest BCUT2D eigenvalue weighted by Gasteiger charge is 2.32. The highest BCUT2D eigenvalue weighted by atomic mass is 35.5. The number of hydrogen-bond acceptors (Lipinski definition) is 2. The molecule has 23 heavy (non-hydrogen) atoms. The van der Waals surface area contributed by atoms with Gasteiger partial charge in [-0.15, -0.1) is 0 Å². The van der Waals surface area contributed by atoms with Gasteiger partial charge in [0.25, 0.3) is 0 Å². The van der Waals surface area contributed by atoms with E-state index in [1.165, 1.54) is 12.8 Å². The number of amides is 3. The first-order valence-corrected chi connectivity index (χ1v) is 8.63. The Kier molecular flexibility index (Phi) is 5.06. The summed E-state index contributed by atoms with van der Waals surface area (Å²) < 4.78 is 0. The number of anilines is 1. The Hall–Kier alpha value is -1.75. The van der Waals surface area contributed by atoms with E-state index in [1.54, 1.807) is 21.9 Å². The van der Waals surface area contributed by atoms with E-state index in [1.807, 2.05) is 17.0 Å². The lowest BCUT2D eigenvalue weighted by Gasteiger charge is -2.24. The molecule has 5 nitrogen and oxygen atoms in total. The molecule has 2 heterocycles. The third-order valence-electron chi connectivity index (χ3n) is 4.50. The molecular formula is C17H22ClN3O2. The van der Waals surface area contributed by atoms with Crippen molar-refractivity contribution in [3.05, 3.63) is 29.3 Å². The molecule has 0 atom stereocenters. The normalized spacial score (nSPS) is 19.2. The molecule has 1 aromatic carbocycles. The summed E-state index contributed by atoms with van der Waals surface area (Å²) in [5, 5.41) is 0.606. The molecule has 1 aromatic rings. The molecule has 2 saturated heterocycles. The first-order chi connectivity index (χ1) is 11.1. The number of carbonyl (C=O) groups excluding carboxylic acids is 2. The molecule has 0 unspecified atom stereocenters. The van der Waals surface area contributed by atoms with Gasteiger partial charge in [-0.2, -0.15) is 0 Å². The third kappa shape index (κ3) is 3.78. The number of likely N-dealkylation sites (tertiary alicyclic amines) is 1. The van der Waals surface area contributed by atoms with E-state index in [-0.39, 0.29) is 18.5 Å². The zero-order chi connectivity index (χ0) is 16.2. The molecule has 2 aliphatic rings. The molecule has 2 aliphatic heterocycles. The van der Waals surface area contributed by atoms with Crippen molar-refractivity contribution in [3.63, 3.8) is 0 Å². The highest BCUT2D eigenvalue weighted by molar-refractivity contribution is 6.30. The minimum atomic E-state index is -0.115. The molecule has 0 saturated carbocycles. The molecule has 3 amide bonds. The van der Waals surface area contributed by atoms with Crippen LogP contribution in [0.1, 0.15) is 25.7 Å². The van der Waals surface area contributed by atoms with Crippen LogP contribution in [0.4, 0.5) is 10.5 Å². The van der Waals surface area contributed by atoms with Crippen molar-refractivity contribution in [1.29, 1.82) is 0 Å². The van der Waals surface area contributed by atoms with E-state index in [4.69, 9.17) is 11.6 Å².